The zero-order valence-corrected chi connectivity index (χ0v) is 28.7. The summed E-state index contributed by atoms with van der Waals surface area (Å²) in [5.74, 6) is 0.779. The number of ketones is 1. The van der Waals surface area contributed by atoms with Gasteiger partial charge in [0.15, 0.2) is 5.78 Å². The van der Waals surface area contributed by atoms with Gasteiger partial charge in [-0.3, -0.25) is 9.59 Å². The highest BCUT2D eigenvalue weighted by atomic mass is 32.2. The van der Waals surface area contributed by atoms with Crippen molar-refractivity contribution in [2.75, 3.05) is 46.8 Å². The van der Waals surface area contributed by atoms with Crippen molar-refractivity contribution in [3.8, 4) is 5.75 Å². The summed E-state index contributed by atoms with van der Waals surface area (Å²) in [6.07, 6.45) is 2.65. The lowest BCUT2D eigenvalue weighted by molar-refractivity contribution is 0.0488. The molecule has 0 spiro atoms. The molecule has 11 nitrogen and oxygen atoms in total. The van der Waals surface area contributed by atoms with Gasteiger partial charge in [0, 0.05) is 51.3 Å². The molecule has 0 radical (unpaired) electrons. The largest absolute Gasteiger partial charge is 0.500 e. The molecule has 43 heavy (non-hydrogen) atoms. The van der Waals surface area contributed by atoms with Gasteiger partial charge in [0.25, 0.3) is 5.24 Å². The molecule has 0 aromatic heterocycles. The van der Waals surface area contributed by atoms with E-state index in [4.69, 9.17) is 22.8 Å². The van der Waals surface area contributed by atoms with E-state index in [9.17, 15) is 19.5 Å². The molecule has 13 heteroatoms. The van der Waals surface area contributed by atoms with Crippen molar-refractivity contribution in [1.29, 1.82) is 0 Å². The Bertz CT molecular complexity index is 1050. The molecule has 2 rings (SSSR count). The van der Waals surface area contributed by atoms with Gasteiger partial charge in [-0.2, -0.15) is 0 Å². The lowest BCUT2D eigenvalue weighted by Crippen LogP contribution is -2.50. The van der Waals surface area contributed by atoms with E-state index in [-0.39, 0.29) is 41.1 Å². The monoisotopic (exact) mass is 642 g/mol. The maximum Gasteiger partial charge on any atom is 0.500 e. The quantitative estimate of drug-likeness (QED) is 0.128. The fourth-order valence-electron chi connectivity index (χ4n) is 5.77. The Hall–Kier alpha value is -2.16. The Labute approximate surface area is 261 Å². The van der Waals surface area contributed by atoms with Gasteiger partial charge in [0.05, 0.1) is 0 Å². The van der Waals surface area contributed by atoms with E-state index in [0.717, 1.165) is 19.3 Å². The third kappa shape index (κ3) is 12.4. The number of hydrogen-bond acceptors (Lipinski definition) is 10. The number of ether oxygens (including phenoxy) is 2. The Morgan fingerprint density at radius 1 is 1.02 bits per heavy atom. The first-order valence-corrected chi connectivity index (χ1v) is 17.5. The number of nitrogens with one attached hydrogen (secondary N) is 2. The first-order chi connectivity index (χ1) is 20.1. The fourth-order valence-corrected chi connectivity index (χ4v) is 8.40. The van der Waals surface area contributed by atoms with Crippen LogP contribution in [0.15, 0.2) is 24.3 Å². The van der Waals surface area contributed by atoms with Gasteiger partial charge in [-0.15, -0.1) is 0 Å². The predicted octanol–water partition coefficient (Wildman–Crippen LogP) is 5.04. The highest BCUT2D eigenvalue weighted by Gasteiger charge is 2.42. The van der Waals surface area contributed by atoms with E-state index in [0.29, 0.717) is 36.1 Å². The lowest BCUT2D eigenvalue weighted by atomic mass is 9.62. The number of alkyl carbamates (subject to hydrolysis) is 1. The molecule has 3 N–H and O–H groups in total. The summed E-state index contributed by atoms with van der Waals surface area (Å²) >= 11 is 1.24. The van der Waals surface area contributed by atoms with Crippen LogP contribution in [0.2, 0.25) is 6.04 Å². The molecule has 1 saturated carbocycles. The van der Waals surface area contributed by atoms with E-state index in [2.05, 4.69) is 31.4 Å². The summed E-state index contributed by atoms with van der Waals surface area (Å²) in [7, 11) is 2.10. The van der Waals surface area contributed by atoms with Crippen LogP contribution in [0.4, 0.5) is 9.59 Å². The van der Waals surface area contributed by atoms with Crippen LogP contribution >= 0.6 is 11.8 Å². The molecule has 1 aliphatic rings. The second-order valence-corrected chi connectivity index (χ2v) is 16.8. The van der Waals surface area contributed by atoms with Crippen LogP contribution in [0.3, 0.4) is 0 Å². The zero-order valence-electron chi connectivity index (χ0n) is 26.9. The molecule has 0 aliphatic heterocycles. The van der Waals surface area contributed by atoms with E-state index < -0.39 is 20.5 Å². The second-order valence-electron chi connectivity index (χ2n) is 12.7. The third-order valence-corrected chi connectivity index (χ3v) is 11.2. The van der Waals surface area contributed by atoms with Crippen molar-refractivity contribution in [3.05, 3.63) is 29.8 Å². The maximum absolute atomic E-state index is 12.6. The van der Waals surface area contributed by atoms with Gasteiger partial charge in [-0.1, -0.05) is 32.5 Å². The summed E-state index contributed by atoms with van der Waals surface area (Å²) in [5, 5.41) is 15.9. The van der Waals surface area contributed by atoms with Crippen LogP contribution in [0.5, 0.6) is 5.75 Å². The summed E-state index contributed by atoms with van der Waals surface area (Å²) in [4.78, 5) is 37.3. The number of hydrogen-bond donors (Lipinski definition) is 3. The van der Waals surface area contributed by atoms with Crippen molar-refractivity contribution in [2.45, 2.75) is 78.0 Å². The Morgan fingerprint density at radius 3 is 2.23 bits per heavy atom. The van der Waals surface area contributed by atoms with E-state index >= 15 is 0 Å². The minimum Gasteiger partial charge on any atom is -0.490 e. The van der Waals surface area contributed by atoms with Crippen LogP contribution in [-0.2, 0) is 18.0 Å². The van der Waals surface area contributed by atoms with Crippen molar-refractivity contribution in [3.63, 3.8) is 0 Å². The maximum atomic E-state index is 12.6. The molecule has 2 atom stereocenters. The molecule has 2 unspecified atom stereocenters. The average Bonchev–Trinajstić information content (AvgIpc) is 2.93. The Balaban J connectivity index is 1.75. The molecule has 0 saturated heterocycles. The summed E-state index contributed by atoms with van der Waals surface area (Å²) in [6, 6.07) is 6.99. The molecule has 244 valence electrons. The lowest BCUT2D eigenvalue weighted by Gasteiger charge is -2.46. The van der Waals surface area contributed by atoms with Gasteiger partial charge in [-0.05, 0) is 74.6 Å². The smallest absolute Gasteiger partial charge is 0.490 e. The fraction of sp³-hybridized carbons (Fsp3) is 0.700. The normalized spacial score (nSPS) is 20.3. The molecule has 1 aliphatic carbocycles. The highest BCUT2D eigenvalue weighted by Crippen LogP contribution is 2.45. The molecular weight excluding hydrogens is 592 g/mol. The molecular formula is C30H50N2O9SSi. The number of aliphatic hydroxyl groups is 1. The first-order valence-electron chi connectivity index (χ1n) is 14.6. The van der Waals surface area contributed by atoms with E-state index in [1.165, 1.54) is 25.6 Å². The number of carbonyl (C=O) groups is 3. The summed E-state index contributed by atoms with van der Waals surface area (Å²) in [6.45, 7) is 10.1. The Kier molecular flexibility index (Phi) is 14.0. The van der Waals surface area contributed by atoms with Gasteiger partial charge in [0.1, 0.15) is 24.6 Å². The molecule has 1 aromatic carbocycles. The van der Waals surface area contributed by atoms with E-state index in [1.807, 2.05) is 0 Å². The van der Waals surface area contributed by atoms with Crippen LogP contribution in [0, 0.1) is 10.8 Å². The molecule has 0 heterocycles. The summed E-state index contributed by atoms with van der Waals surface area (Å²) < 4.78 is 27.3. The van der Waals surface area contributed by atoms with Crippen LogP contribution in [-0.4, -0.2) is 89.5 Å². The highest BCUT2D eigenvalue weighted by molar-refractivity contribution is 8.13. The number of Topliss-reactive ketones (excluding diaryl/α,β-unsaturated/α-hetero) is 1. The van der Waals surface area contributed by atoms with Crippen LogP contribution < -0.4 is 15.4 Å². The number of benzene rings is 1. The first kappa shape index (κ1) is 37.0. The molecule has 2 amide bonds. The van der Waals surface area contributed by atoms with Crippen molar-refractivity contribution < 1.29 is 42.2 Å². The van der Waals surface area contributed by atoms with Gasteiger partial charge < -0.3 is 38.5 Å². The van der Waals surface area contributed by atoms with Crippen molar-refractivity contribution in [1.82, 2.24) is 10.6 Å². The number of rotatable bonds is 16. The minimum atomic E-state index is -2.64. The van der Waals surface area contributed by atoms with Crippen molar-refractivity contribution in [2.24, 2.45) is 10.8 Å². The molecule has 0 bridgehead atoms. The van der Waals surface area contributed by atoms with Gasteiger partial charge in [-0.25, -0.2) is 4.79 Å². The summed E-state index contributed by atoms with van der Waals surface area (Å²) in [5.41, 5.74) is -1.28. The SMILES string of the molecule is CO[Si](CCCSC(=O)NCC1(C)CC(NC(=O)OCCOc2ccc(C(=O)C(C)(C)O)cc2)CC(C)(C)C1)(OC)OC. The minimum absolute atomic E-state index is 0.0286. The Morgan fingerprint density at radius 2 is 1.65 bits per heavy atom. The third-order valence-electron chi connectivity index (χ3n) is 7.48. The van der Waals surface area contributed by atoms with Crippen LogP contribution in [0.25, 0.3) is 0 Å². The molecule has 1 aromatic rings. The number of carbonyl (C=O) groups excluding carboxylic acids is 3. The molecule has 1 fully saturated rings. The zero-order chi connectivity index (χ0) is 32.3. The number of thioether (sulfide) groups is 1. The van der Waals surface area contributed by atoms with Crippen molar-refractivity contribution >= 4 is 37.7 Å². The standard InChI is InChI=1S/C30H50N2O9SSi/c1-28(2)18-23(19-30(5,20-28)21-31-27(35)42-16-9-17-43(37-6,38-7)39-8)32-26(34)41-15-14-40-24-12-10-22(11-13-24)25(33)29(3,4)36/h10-13,23,36H,9,14-21H2,1-8H3,(H,31,35)(H,32,34). The topological polar surface area (TPSA) is 142 Å². The number of amides is 2. The van der Waals surface area contributed by atoms with Gasteiger partial charge >= 0.3 is 14.9 Å². The van der Waals surface area contributed by atoms with Gasteiger partial charge in [0.2, 0.25) is 0 Å². The van der Waals surface area contributed by atoms with E-state index in [1.54, 1.807) is 45.6 Å². The second kappa shape index (κ2) is 16.2. The predicted molar refractivity (Wildman–Crippen MR) is 169 cm³/mol. The van der Waals surface area contributed by atoms with Crippen LogP contribution in [0.1, 0.15) is 70.7 Å². The average molecular weight is 643 g/mol.